The zero-order valence-electron chi connectivity index (χ0n) is 29.1. The van der Waals surface area contributed by atoms with E-state index in [1.165, 1.54) is 0 Å². The Morgan fingerprint density at radius 2 is 1.35 bits per heavy atom. The number of hydrogen-bond donors (Lipinski definition) is 1. The molecule has 0 atom stereocenters. The van der Waals surface area contributed by atoms with Gasteiger partial charge in [0.25, 0.3) is 0 Å². The van der Waals surface area contributed by atoms with Gasteiger partial charge >= 0.3 is 5.97 Å². The Morgan fingerprint density at radius 3 is 1.90 bits per heavy atom. The van der Waals surface area contributed by atoms with Gasteiger partial charge in [0.1, 0.15) is 25.5 Å². The summed E-state index contributed by atoms with van der Waals surface area (Å²) in [6.07, 6.45) is 2.18. The van der Waals surface area contributed by atoms with Gasteiger partial charge in [0.15, 0.2) is 25.4 Å². The van der Waals surface area contributed by atoms with Gasteiger partial charge in [-0.1, -0.05) is 112 Å². The highest BCUT2D eigenvalue weighted by Crippen LogP contribution is 2.44. The second-order valence-corrected chi connectivity index (χ2v) is 18.2. The van der Waals surface area contributed by atoms with Crippen molar-refractivity contribution in [3.63, 3.8) is 0 Å². The fourth-order valence-electron chi connectivity index (χ4n) is 4.97. The van der Waals surface area contributed by atoms with Gasteiger partial charge in [-0.25, -0.2) is 9.78 Å². The number of carbonyl (C=O) groups is 1. The number of rotatable bonds is 14. The summed E-state index contributed by atoms with van der Waals surface area (Å²) in [4.78, 5) is 18.7. The standard InChI is InChI=1S/C39H45N3O6Si/c1-39(2,3)49(5,6)48-23-22-32-31(24-40-42(32)4)34-35(43)36(45-25-28-16-10-7-11-17-28)33(38(44)47-27-30-20-14-9-15-21-30)37(41-34)46-26-29-18-12-8-13-19-29/h7-21,24,43H,22-23,25-27H2,1-6H3. The smallest absolute Gasteiger partial charge is 0.348 e. The van der Waals surface area contributed by atoms with Crippen LogP contribution in [0.5, 0.6) is 17.4 Å². The van der Waals surface area contributed by atoms with Crippen LogP contribution in [-0.2, 0) is 42.5 Å². The highest BCUT2D eigenvalue weighted by molar-refractivity contribution is 6.74. The van der Waals surface area contributed by atoms with Gasteiger partial charge in [-0.15, -0.1) is 0 Å². The lowest BCUT2D eigenvalue weighted by Crippen LogP contribution is -2.41. The largest absolute Gasteiger partial charge is 0.503 e. The molecule has 0 unspecified atom stereocenters. The van der Waals surface area contributed by atoms with Gasteiger partial charge < -0.3 is 23.7 Å². The number of carbonyl (C=O) groups excluding carboxylic acids is 1. The number of aryl methyl sites for hydroxylation is 1. The monoisotopic (exact) mass is 679 g/mol. The Labute approximate surface area is 289 Å². The van der Waals surface area contributed by atoms with E-state index < -0.39 is 14.3 Å². The number of benzene rings is 3. The van der Waals surface area contributed by atoms with Crippen LogP contribution in [0.15, 0.2) is 97.2 Å². The second kappa shape index (κ2) is 15.5. The molecule has 2 heterocycles. The van der Waals surface area contributed by atoms with E-state index in [-0.39, 0.29) is 53.5 Å². The predicted octanol–water partition coefficient (Wildman–Crippen LogP) is 8.27. The summed E-state index contributed by atoms with van der Waals surface area (Å²) in [5.74, 6) is -1.15. The third kappa shape index (κ3) is 8.76. The van der Waals surface area contributed by atoms with Crippen molar-refractivity contribution in [1.29, 1.82) is 0 Å². The zero-order chi connectivity index (χ0) is 35.0. The Morgan fingerprint density at radius 1 is 0.816 bits per heavy atom. The number of aromatic nitrogens is 3. The lowest BCUT2D eigenvalue weighted by molar-refractivity contribution is 0.0459. The molecule has 49 heavy (non-hydrogen) atoms. The number of nitrogens with zero attached hydrogens (tertiary/aromatic N) is 3. The summed E-state index contributed by atoms with van der Waals surface area (Å²) in [5.41, 5.74) is 4.00. The first-order valence-corrected chi connectivity index (χ1v) is 19.3. The third-order valence-corrected chi connectivity index (χ3v) is 13.4. The zero-order valence-corrected chi connectivity index (χ0v) is 30.1. The van der Waals surface area contributed by atoms with E-state index in [0.717, 1.165) is 22.4 Å². The summed E-state index contributed by atoms with van der Waals surface area (Å²) < 4.78 is 26.5. The molecule has 0 saturated heterocycles. The van der Waals surface area contributed by atoms with Gasteiger partial charge in [-0.05, 0) is 34.8 Å². The van der Waals surface area contributed by atoms with Gasteiger partial charge in [-0.3, -0.25) is 4.68 Å². The fraction of sp³-hybridized carbons (Fsp3) is 0.308. The third-order valence-electron chi connectivity index (χ3n) is 8.88. The maximum atomic E-state index is 13.9. The van der Waals surface area contributed by atoms with Crippen molar-refractivity contribution in [2.24, 2.45) is 7.05 Å². The highest BCUT2D eigenvalue weighted by atomic mass is 28.4. The lowest BCUT2D eigenvalue weighted by Gasteiger charge is -2.36. The predicted molar refractivity (Wildman–Crippen MR) is 192 cm³/mol. The Hall–Kier alpha value is -4.93. The number of ether oxygens (including phenoxy) is 3. The molecule has 0 aliphatic heterocycles. The van der Waals surface area contributed by atoms with Crippen LogP contribution in [0.2, 0.25) is 18.1 Å². The van der Waals surface area contributed by atoms with Crippen LogP contribution in [-0.4, -0.2) is 40.8 Å². The molecular formula is C39H45N3O6Si. The molecule has 0 aliphatic carbocycles. The molecule has 0 aliphatic rings. The van der Waals surface area contributed by atoms with E-state index in [4.69, 9.17) is 23.6 Å². The summed E-state index contributed by atoms with van der Waals surface area (Å²) in [5, 5.41) is 16.5. The number of pyridine rings is 1. The Bertz CT molecular complexity index is 1840. The van der Waals surface area contributed by atoms with Crippen LogP contribution < -0.4 is 9.47 Å². The first-order valence-electron chi connectivity index (χ1n) is 16.4. The van der Waals surface area contributed by atoms with Gasteiger partial charge in [0.05, 0.1) is 6.20 Å². The molecule has 9 nitrogen and oxygen atoms in total. The molecule has 0 radical (unpaired) electrons. The van der Waals surface area contributed by atoms with E-state index in [1.807, 2.05) is 98.0 Å². The SMILES string of the molecule is Cn1ncc(-c2nc(OCc3ccccc3)c(C(=O)OCc3ccccc3)c(OCc3ccccc3)c2O)c1CCO[Si](C)(C)C(C)(C)C. The van der Waals surface area contributed by atoms with Crippen molar-refractivity contribution in [3.8, 4) is 28.6 Å². The topological polar surface area (TPSA) is 105 Å². The highest BCUT2D eigenvalue weighted by Gasteiger charge is 2.37. The minimum Gasteiger partial charge on any atom is -0.503 e. The maximum absolute atomic E-state index is 13.9. The van der Waals surface area contributed by atoms with Gasteiger partial charge in [0, 0.05) is 31.3 Å². The van der Waals surface area contributed by atoms with E-state index in [1.54, 1.807) is 10.9 Å². The molecule has 0 amide bonds. The lowest BCUT2D eigenvalue weighted by atomic mass is 10.1. The molecule has 0 saturated carbocycles. The Balaban J connectivity index is 1.58. The normalized spacial score (nSPS) is 11.7. The average molecular weight is 680 g/mol. The summed E-state index contributed by atoms with van der Waals surface area (Å²) in [7, 11) is -0.161. The second-order valence-electron chi connectivity index (χ2n) is 13.4. The summed E-state index contributed by atoms with van der Waals surface area (Å²) >= 11 is 0. The van der Waals surface area contributed by atoms with Crippen LogP contribution in [0.25, 0.3) is 11.3 Å². The maximum Gasteiger partial charge on any atom is 0.348 e. The van der Waals surface area contributed by atoms with Crippen LogP contribution in [0.3, 0.4) is 0 Å². The van der Waals surface area contributed by atoms with Crippen molar-refractivity contribution in [2.45, 2.75) is 65.1 Å². The van der Waals surface area contributed by atoms with Crippen molar-refractivity contribution in [1.82, 2.24) is 14.8 Å². The van der Waals surface area contributed by atoms with Crippen LogP contribution in [0.4, 0.5) is 0 Å². The molecule has 256 valence electrons. The number of aromatic hydroxyl groups is 1. The molecule has 0 fully saturated rings. The first kappa shape index (κ1) is 35.4. The van der Waals surface area contributed by atoms with Gasteiger partial charge in [0.2, 0.25) is 5.88 Å². The molecule has 0 bridgehead atoms. The number of esters is 1. The Kier molecular flexibility index (Phi) is 11.2. The summed E-state index contributed by atoms with van der Waals surface area (Å²) in [6, 6.07) is 28.5. The minimum absolute atomic E-state index is 0.0133. The summed E-state index contributed by atoms with van der Waals surface area (Å²) in [6.45, 7) is 11.7. The molecule has 5 aromatic rings. The molecule has 1 N–H and O–H groups in total. The number of hydrogen-bond acceptors (Lipinski definition) is 8. The van der Waals surface area contributed by atoms with Crippen molar-refractivity contribution in [2.75, 3.05) is 6.61 Å². The van der Waals surface area contributed by atoms with Crippen molar-refractivity contribution >= 4 is 14.3 Å². The minimum atomic E-state index is -2.01. The van der Waals surface area contributed by atoms with Crippen LogP contribution in [0.1, 0.15) is 53.5 Å². The van der Waals surface area contributed by atoms with Crippen LogP contribution in [0, 0.1) is 0 Å². The van der Waals surface area contributed by atoms with Crippen molar-refractivity contribution in [3.05, 3.63) is 125 Å². The van der Waals surface area contributed by atoms with E-state index in [2.05, 4.69) is 39.0 Å². The van der Waals surface area contributed by atoms with E-state index in [0.29, 0.717) is 18.6 Å². The molecule has 0 spiro atoms. The first-order chi connectivity index (χ1) is 23.4. The van der Waals surface area contributed by atoms with E-state index >= 15 is 0 Å². The van der Waals surface area contributed by atoms with Crippen molar-refractivity contribution < 1.29 is 28.5 Å². The molecular weight excluding hydrogens is 635 g/mol. The van der Waals surface area contributed by atoms with Gasteiger partial charge in [-0.2, -0.15) is 5.10 Å². The molecule has 5 rings (SSSR count). The van der Waals surface area contributed by atoms with E-state index in [9.17, 15) is 9.90 Å². The molecule has 2 aromatic heterocycles. The fourth-order valence-corrected chi connectivity index (χ4v) is 6.02. The average Bonchev–Trinajstić information content (AvgIpc) is 3.45. The van der Waals surface area contributed by atoms with Crippen LogP contribution >= 0.6 is 0 Å². The molecule has 10 heteroatoms. The quantitative estimate of drug-likeness (QED) is 0.0924. The molecule has 3 aromatic carbocycles.